The highest BCUT2D eigenvalue weighted by molar-refractivity contribution is 5.97. The highest BCUT2D eigenvalue weighted by Gasteiger charge is 2.28. The number of carbonyl (C=O) groups excluding carboxylic acids is 1. The van der Waals surface area contributed by atoms with Gasteiger partial charge in [0.2, 0.25) is 0 Å². The molecule has 0 heterocycles. The summed E-state index contributed by atoms with van der Waals surface area (Å²) in [6.45, 7) is 4.18. The normalized spacial score (nSPS) is 26.8. The summed E-state index contributed by atoms with van der Waals surface area (Å²) in [7, 11) is 0. The minimum absolute atomic E-state index is 0.396. The Morgan fingerprint density at radius 2 is 2.07 bits per heavy atom. The molecule has 0 aromatic rings. The molecular weight excluding hydrogens is 184 g/mol. The van der Waals surface area contributed by atoms with Crippen molar-refractivity contribution in [2.45, 2.75) is 52.4 Å². The molecule has 1 heteroatoms. The van der Waals surface area contributed by atoms with E-state index in [2.05, 4.69) is 19.9 Å². The molecule has 0 spiro atoms. The van der Waals surface area contributed by atoms with Crippen LogP contribution in [0.1, 0.15) is 52.4 Å². The van der Waals surface area contributed by atoms with Crippen molar-refractivity contribution in [3.8, 4) is 0 Å². The molecular formula is C14H20O. The maximum Gasteiger partial charge on any atom is 0.159 e. The van der Waals surface area contributed by atoms with Crippen molar-refractivity contribution in [1.29, 1.82) is 0 Å². The summed E-state index contributed by atoms with van der Waals surface area (Å²) in [5.74, 6) is 0.867. The zero-order chi connectivity index (χ0) is 10.8. The van der Waals surface area contributed by atoms with Gasteiger partial charge < -0.3 is 0 Å². The molecule has 1 atom stereocenters. The van der Waals surface area contributed by atoms with Crippen molar-refractivity contribution >= 4 is 5.78 Å². The molecule has 1 fully saturated rings. The number of hydrogen-bond donors (Lipinski definition) is 0. The van der Waals surface area contributed by atoms with Crippen molar-refractivity contribution in [2.24, 2.45) is 5.92 Å². The largest absolute Gasteiger partial charge is 0.295 e. The standard InChI is InChI=1S/C14H20O/c1-10(2)14-12-8-4-3-6-11(12)7-5-9-13(14)15/h7,12H,3-6,8-9H2,1-2H3. The maximum absolute atomic E-state index is 12.0. The fourth-order valence-electron chi connectivity index (χ4n) is 2.96. The van der Waals surface area contributed by atoms with Gasteiger partial charge in [0.15, 0.2) is 5.78 Å². The Hall–Kier alpha value is -0.850. The number of allylic oxidation sites excluding steroid dienone is 4. The topological polar surface area (TPSA) is 17.1 Å². The van der Waals surface area contributed by atoms with Crippen LogP contribution in [0.5, 0.6) is 0 Å². The van der Waals surface area contributed by atoms with Crippen molar-refractivity contribution in [2.75, 3.05) is 0 Å². The smallest absolute Gasteiger partial charge is 0.159 e. The Labute approximate surface area is 92.3 Å². The highest BCUT2D eigenvalue weighted by Crippen LogP contribution is 2.38. The number of Topliss-reactive ketones (excluding diaryl/α,β-unsaturated/α-hetero) is 1. The predicted octanol–water partition coefficient (Wildman–Crippen LogP) is 3.80. The zero-order valence-electron chi connectivity index (χ0n) is 9.81. The fourth-order valence-corrected chi connectivity index (χ4v) is 2.96. The van der Waals surface area contributed by atoms with E-state index in [0.717, 1.165) is 18.4 Å². The van der Waals surface area contributed by atoms with Gasteiger partial charge in [-0.2, -0.15) is 0 Å². The van der Waals surface area contributed by atoms with E-state index in [1.165, 1.54) is 31.3 Å². The number of rotatable bonds is 0. The molecule has 0 saturated heterocycles. The van der Waals surface area contributed by atoms with E-state index in [1.54, 1.807) is 5.57 Å². The third-order valence-corrected chi connectivity index (χ3v) is 3.62. The van der Waals surface area contributed by atoms with Crippen LogP contribution in [0.2, 0.25) is 0 Å². The van der Waals surface area contributed by atoms with E-state index < -0.39 is 0 Å². The Bertz CT molecular complexity index is 329. The molecule has 15 heavy (non-hydrogen) atoms. The van der Waals surface area contributed by atoms with Crippen LogP contribution in [0.3, 0.4) is 0 Å². The van der Waals surface area contributed by atoms with Gasteiger partial charge in [0, 0.05) is 17.9 Å². The predicted molar refractivity (Wildman–Crippen MR) is 62.7 cm³/mol. The van der Waals surface area contributed by atoms with E-state index in [9.17, 15) is 4.79 Å². The van der Waals surface area contributed by atoms with Gasteiger partial charge in [-0.05, 0) is 39.5 Å². The first-order chi connectivity index (χ1) is 7.20. The van der Waals surface area contributed by atoms with Gasteiger partial charge in [-0.15, -0.1) is 0 Å². The van der Waals surface area contributed by atoms with Gasteiger partial charge in [-0.1, -0.05) is 23.6 Å². The molecule has 82 valence electrons. The summed E-state index contributed by atoms with van der Waals surface area (Å²) in [6, 6.07) is 0. The maximum atomic E-state index is 12.0. The second-order valence-electron chi connectivity index (χ2n) is 4.95. The van der Waals surface area contributed by atoms with Crippen LogP contribution in [-0.4, -0.2) is 5.78 Å². The lowest BCUT2D eigenvalue weighted by Gasteiger charge is -2.26. The molecule has 1 saturated carbocycles. The van der Waals surface area contributed by atoms with Crippen molar-refractivity contribution < 1.29 is 4.79 Å². The zero-order valence-corrected chi connectivity index (χ0v) is 9.81. The summed E-state index contributed by atoms with van der Waals surface area (Å²) >= 11 is 0. The van der Waals surface area contributed by atoms with Crippen molar-refractivity contribution in [3.63, 3.8) is 0 Å². The fraction of sp³-hybridized carbons (Fsp3) is 0.643. The molecule has 2 aliphatic carbocycles. The van der Waals surface area contributed by atoms with Gasteiger partial charge >= 0.3 is 0 Å². The Morgan fingerprint density at radius 1 is 1.27 bits per heavy atom. The van der Waals surface area contributed by atoms with Crippen molar-refractivity contribution in [3.05, 3.63) is 22.8 Å². The number of carbonyl (C=O) groups is 1. The van der Waals surface area contributed by atoms with Crippen LogP contribution in [0.4, 0.5) is 0 Å². The monoisotopic (exact) mass is 204 g/mol. The lowest BCUT2D eigenvalue weighted by molar-refractivity contribution is -0.115. The summed E-state index contributed by atoms with van der Waals surface area (Å²) < 4.78 is 0. The average molecular weight is 204 g/mol. The van der Waals surface area contributed by atoms with Crippen LogP contribution < -0.4 is 0 Å². The Morgan fingerprint density at radius 3 is 2.80 bits per heavy atom. The molecule has 0 bridgehead atoms. The van der Waals surface area contributed by atoms with Crippen LogP contribution in [-0.2, 0) is 4.79 Å². The number of fused-ring (bicyclic) bond motifs is 1. The van der Waals surface area contributed by atoms with Gasteiger partial charge in [0.25, 0.3) is 0 Å². The molecule has 1 nitrogen and oxygen atoms in total. The molecule has 0 radical (unpaired) electrons. The molecule has 2 rings (SSSR count). The summed E-state index contributed by atoms with van der Waals surface area (Å²) in [5.41, 5.74) is 3.92. The van der Waals surface area contributed by atoms with Crippen LogP contribution in [0, 0.1) is 5.92 Å². The van der Waals surface area contributed by atoms with E-state index in [0.29, 0.717) is 11.7 Å². The second kappa shape index (κ2) is 4.34. The van der Waals surface area contributed by atoms with Gasteiger partial charge in [0.1, 0.15) is 0 Å². The molecule has 0 aromatic heterocycles. The highest BCUT2D eigenvalue weighted by atomic mass is 16.1. The third-order valence-electron chi connectivity index (χ3n) is 3.62. The van der Waals surface area contributed by atoms with Crippen LogP contribution in [0.25, 0.3) is 0 Å². The summed E-state index contributed by atoms with van der Waals surface area (Å²) in [6.07, 6.45) is 9.02. The van der Waals surface area contributed by atoms with Gasteiger partial charge in [-0.25, -0.2) is 0 Å². The Kier molecular flexibility index (Phi) is 3.08. The average Bonchev–Trinajstić information content (AvgIpc) is 2.35. The van der Waals surface area contributed by atoms with E-state index in [1.807, 2.05) is 0 Å². The summed E-state index contributed by atoms with van der Waals surface area (Å²) in [4.78, 5) is 12.0. The third kappa shape index (κ3) is 2.06. The lowest BCUT2D eigenvalue weighted by Crippen LogP contribution is -2.17. The number of ketones is 1. The molecule has 1 unspecified atom stereocenters. The van der Waals surface area contributed by atoms with Gasteiger partial charge in [0.05, 0.1) is 0 Å². The molecule has 0 amide bonds. The minimum atomic E-state index is 0.396. The number of hydrogen-bond acceptors (Lipinski definition) is 1. The quantitative estimate of drug-likeness (QED) is 0.433. The second-order valence-corrected chi connectivity index (χ2v) is 4.95. The Balaban J connectivity index is 2.38. The van der Waals surface area contributed by atoms with Crippen molar-refractivity contribution in [1.82, 2.24) is 0 Å². The van der Waals surface area contributed by atoms with Crippen LogP contribution >= 0.6 is 0 Å². The molecule has 0 aliphatic heterocycles. The molecule has 2 aliphatic rings. The van der Waals surface area contributed by atoms with E-state index in [-0.39, 0.29) is 0 Å². The summed E-state index contributed by atoms with van der Waals surface area (Å²) in [5, 5.41) is 0. The van der Waals surface area contributed by atoms with Gasteiger partial charge in [-0.3, -0.25) is 4.79 Å². The minimum Gasteiger partial charge on any atom is -0.295 e. The first-order valence-electron chi connectivity index (χ1n) is 6.09. The first kappa shape index (κ1) is 10.7. The molecule has 0 N–H and O–H groups in total. The first-order valence-corrected chi connectivity index (χ1v) is 6.09. The van der Waals surface area contributed by atoms with E-state index >= 15 is 0 Å². The lowest BCUT2D eigenvalue weighted by atomic mass is 9.77. The van der Waals surface area contributed by atoms with E-state index in [4.69, 9.17) is 0 Å². The van der Waals surface area contributed by atoms with Crippen LogP contribution in [0.15, 0.2) is 22.8 Å². The SMILES string of the molecule is CC(C)=C1C(=O)CCC=C2CCCCC21. The molecule has 0 aromatic carbocycles.